The van der Waals surface area contributed by atoms with Gasteiger partial charge in [0.15, 0.2) is 0 Å². The van der Waals surface area contributed by atoms with Crippen LogP contribution in [-0.4, -0.2) is 6.61 Å². The quantitative estimate of drug-likeness (QED) is 0.530. The normalized spacial score (nSPS) is 14.3. The van der Waals surface area contributed by atoms with Gasteiger partial charge in [-0.3, -0.25) is 0 Å². The molecule has 0 heterocycles. The summed E-state index contributed by atoms with van der Waals surface area (Å²) < 4.78 is 5.80. The van der Waals surface area contributed by atoms with E-state index in [2.05, 4.69) is 89.2 Å². The van der Waals surface area contributed by atoms with E-state index >= 15 is 0 Å². The highest BCUT2D eigenvalue weighted by Crippen LogP contribution is 2.32. The molecule has 0 fully saturated rings. The van der Waals surface area contributed by atoms with Gasteiger partial charge in [0.05, 0.1) is 13.2 Å². The van der Waals surface area contributed by atoms with Gasteiger partial charge in [-0.15, -0.1) is 0 Å². The lowest BCUT2D eigenvalue weighted by atomic mass is 9.77. The third-order valence-electron chi connectivity index (χ3n) is 5.37. The predicted octanol–water partition coefficient (Wildman–Crippen LogP) is 6.73. The van der Waals surface area contributed by atoms with Gasteiger partial charge in [0.1, 0.15) is 0 Å². The molecule has 0 spiro atoms. The predicted molar refractivity (Wildman–Crippen MR) is 116 cm³/mol. The van der Waals surface area contributed by atoms with Gasteiger partial charge >= 0.3 is 0 Å². The number of fused-ring (bicyclic) bond motifs is 1. The van der Waals surface area contributed by atoms with E-state index in [4.69, 9.17) is 4.74 Å². The number of aryl methyl sites for hydroxylation is 2. The Labute approximate surface area is 165 Å². The third-order valence-corrected chi connectivity index (χ3v) is 5.37. The number of benzene rings is 2. The van der Waals surface area contributed by atoms with Crippen molar-refractivity contribution >= 4 is 6.08 Å². The van der Waals surface area contributed by atoms with E-state index < -0.39 is 0 Å². The van der Waals surface area contributed by atoms with E-state index in [0.29, 0.717) is 6.61 Å². The molecule has 1 heteroatoms. The SMILES string of the molecule is CC(C)(C)COCc1ccc(/C=C/CC(C)(C)c2ccc3c(c2)CC3)cc1. The van der Waals surface area contributed by atoms with E-state index in [1.807, 2.05) is 0 Å². The van der Waals surface area contributed by atoms with Gasteiger partial charge in [0.2, 0.25) is 0 Å². The van der Waals surface area contributed by atoms with Crippen LogP contribution >= 0.6 is 0 Å². The van der Waals surface area contributed by atoms with Crippen LogP contribution in [0.3, 0.4) is 0 Å². The fourth-order valence-corrected chi connectivity index (χ4v) is 3.42. The van der Waals surface area contributed by atoms with Crippen LogP contribution in [0, 0.1) is 5.41 Å². The van der Waals surface area contributed by atoms with Crippen LogP contribution in [-0.2, 0) is 29.6 Å². The number of allylic oxidation sites excluding steroid dienone is 1. The van der Waals surface area contributed by atoms with E-state index in [0.717, 1.165) is 13.0 Å². The van der Waals surface area contributed by atoms with Crippen LogP contribution in [0.1, 0.15) is 68.9 Å². The van der Waals surface area contributed by atoms with E-state index in [1.165, 1.54) is 35.1 Å². The Bertz CT molecular complexity index is 788. The molecule has 0 aliphatic heterocycles. The average Bonchev–Trinajstić information content (AvgIpc) is 2.56. The Hall–Kier alpha value is -1.86. The molecule has 2 aromatic rings. The highest BCUT2D eigenvalue weighted by atomic mass is 16.5. The van der Waals surface area contributed by atoms with Crippen molar-refractivity contribution in [2.24, 2.45) is 5.41 Å². The number of rotatable bonds is 7. The van der Waals surface area contributed by atoms with Crippen molar-refractivity contribution in [1.82, 2.24) is 0 Å². The summed E-state index contributed by atoms with van der Waals surface area (Å²) in [7, 11) is 0. The standard InChI is InChI=1S/C26H34O/c1-25(2,3)19-27-18-21-10-8-20(9-11-21)7-6-16-26(4,5)24-15-14-22-12-13-23(22)17-24/h6-11,14-15,17H,12-13,16,18-19H2,1-5H3/b7-6+. The molecule has 3 rings (SSSR count). The first-order valence-corrected chi connectivity index (χ1v) is 10.2. The van der Waals surface area contributed by atoms with Crippen LogP contribution in [0.4, 0.5) is 0 Å². The van der Waals surface area contributed by atoms with Gasteiger partial charge in [-0.25, -0.2) is 0 Å². The van der Waals surface area contributed by atoms with E-state index in [-0.39, 0.29) is 10.8 Å². The zero-order valence-corrected chi connectivity index (χ0v) is 17.6. The highest BCUT2D eigenvalue weighted by molar-refractivity contribution is 5.50. The van der Waals surface area contributed by atoms with Gasteiger partial charge < -0.3 is 4.74 Å². The lowest BCUT2D eigenvalue weighted by Crippen LogP contribution is -2.18. The maximum absolute atomic E-state index is 5.80. The molecule has 1 aliphatic carbocycles. The van der Waals surface area contributed by atoms with Crippen molar-refractivity contribution in [2.75, 3.05) is 6.61 Å². The van der Waals surface area contributed by atoms with Gasteiger partial charge in [-0.05, 0) is 57.9 Å². The van der Waals surface area contributed by atoms with Crippen molar-refractivity contribution < 1.29 is 4.74 Å². The Morgan fingerprint density at radius 2 is 1.59 bits per heavy atom. The van der Waals surface area contributed by atoms with Crippen LogP contribution < -0.4 is 0 Å². The van der Waals surface area contributed by atoms with Gasteiger partial charge in [0.25, 0.3) is 0 Å². The minimum atomic E-state index is 0.169. The van der Waals surface area contributed by atoms with Crippen LogP contribution in [0.5, 0.6) is 0 Å². The maximum atomic E-state index is 5.80. The van der Waals surface area contributed by atoms with E-state index in [1.54, 1.807) is 5.56 Å². The Morgan fingerprint density at radius 1 is 0.889 bits per heavy atom. The second-order valence-corrected chi connectivity index (χ2v) is 9.77. The number of ether oxygens (including phenoxy) is 1. The summed E-state index contributed by atoms with van der Waals surface area (Å²) in [6.07, 6.45) is 8.10. The molecule has 0 saturated carbocycles. The monoisotopic (exact) mass is 362 g/mol. The number of hydrogen-bond donors (Lipinski definition) is 0. The third kappa shape index (κ3) is 5.56. The van der Waals surface area contributed by atoms with Crippen LogP contribution in [0.25, 0.3) is 6.08 Å². The summed E-state index contributed by atoms with van der Waals surface area (Å²) >= 11 is 0. The highest BCUT2D eigenvalue weighted by Gasteiger charge is 2.22. The first-order valence-electron chi connectivity index (χ1n) is 10.2. The average molecular weight is 363 g/mol. The first-order chi connectivity index (χ1) is 12.7. The second kappa shape index (κ2) is 8.02. The van der Waals surface area contributed by atoms with Crippen molar-refractivity contribution in [2.45, 2.75) is 65.9 Å². The summed E-state index contributed by atoms with van der Waals surface area (Å²) in [5, 5.41) is 0. The fraction of sp³-hybridized carbons (Fsp3) is 0.462. The second-order valence-electron chi connectivity index (χ2n) is 9.77. The topological polar surface area (TPSA) is 9.23 Å². The molecule has 0 bridgehead atoms. The molecule has 27 heavy (non-hydrogen) atoms. The molecule has 0 amide bonds. The maximum Gasteiger partial charge on any atom is 0.0717 e. The minimum Gasteiger partial charge on any atom is -0.376 e. The lowest BCUT2D eigenvalue weighted by molar-refractivity contribution is 0.0599. The largest absolute Gasteiger partial charge is 0.376 e. The summed E-state index contributed by atoms with van der Waals surface area (Å²) in [5.41, 5.74) is 7.42. The molecule has 0 saturated heterocycles. The Kier molecular flexibility index (Phi) is 5.91. The van der Waals surface area contributed by atoms with Gasteiger partial charge in [-0.2, -0.15) is 0 Å². The molecular formula is C26H34O. The zero-order chi connectivity index (χ0) is 19.5. The van der Waals surface area contributed by atoms with Gasteiger partial charge in [-0.1, -0.05) is 89.2 Å². The summed E-state index contributed by atoms with van der Waals surface area (Å²) in [6, 6.07) is 15.8. The zero-order valence-electron chi connectivity index (χ0n) is 17.6. The number of hydrogen-bond acceptors (Lipinski definition) is 1. The minimum absolute atomic E-state index is 0.169. The lowest BCUT2D eigenvalue weighted by Gasteiger charge is -2.28. The molecule has 1 aliphatic rings. The van der Waals surface area contributed by atoms with Gasteiger partial charge in [0, 0.05) is 0 Å². The molecule has 0 radical (unpaired) electrons. The molecular weight excluding hydrogens is 328 g/mol. The molecule has 1 nitrogen and oxygen atoms in total. The van der Waals surface area contributed by atoms with Crippen molar-refractivity contribution in [3.05, 3.63) is 76.4 Å². The smallest absolute Gasteiger partial charge is 0.0717 e. The molecule has 0 unspecified atom stereocenters. The van der Waals surface area contributed by atoms with Crippen LogP contribution in [0.15, 0.2) is 48.5 Å². The Morgan fingerprint density at radius 3 is 2.19 bits per heavy atom. The van der Waals surface area contributed by atoms with Crippen LogP contribution in [0.2, 0.25) is 0 Å². The summed E-state index contributed by atoms with van der Waals surface area (Å²) in [5.74, 6) is 0. The van der Waals surface area contributed by atoms with Crippen molar-refractivity contribution in [3.8, 4) is 0 Å². The molecule has 2 aromatic carbocycles. The van der Waals surface area contributed by atoms with Crippen molar-refractivity contribution in [1.29, 1.82) is 0 Å². The Balaban J connectivity index is 1.53. The molecule has 0 atom stereocenters. The van der Waals surface area contributed by atoms with Crippen molar-refractivity contribution in [3.63, 3.8) is 0 Å². The summed E-state index contributed by atoms with van der Waals surface area (Å²) in [4.78, 5) is 0. The summed E-state index contributed by atoms with van der Waals surface area (Å²) in [6.45, 7) is 12.7. The first kappa shape index (κ1) is 19.9. The molecule has 0 aromatic heterocycles. The molecule has 0 N–H and O–H groups in total. The molecule has 144 valence electrons. The van der Waals surface area contributed by atoms with E-state index in [9.17, 15) is 0 Å². The fourth-order valence-electron chi connectivity index (χ4n) is 3.42.